The first-order valence-corrected chi connectivity index (χ1v) is 12.9. The second-order valence-electron chi connectivity index (χ2n) is 6.46. The van der Waals surface area contributed by atoms with E-state index < -0.39 is 16.5 Å². The Kier molecular flexibility index (Phi) is 3.70. The van der Waals surface area contributed by atoms with Gasteiger partial charge in [0.25, 0.3) is 0 Å². The number of benzene rings is 1. The summed E-state index contributed by atoms with van der Waals surface area (Å²) < 4.78 is 2.77. The van der Waals surface area contributed by atoms with E-state index >= 15 is 0 Å². The van der Waals surface area contributed by atoms with Gasteiger partial charge in [-0.05, 0) is 18.6 Å². The zero-order valence-corrected chi connectivity index (χ0v) is 13.8. The molecule has 1 rings (SSSR count). The zero-order chi connectivity index (χ0) is 12.6. The maximum absolute atomic E-state index is 2.77. The Hall–Kier alpha value is -0.546. The van der Waals surface area contributed by atoms with Crippen molar-refractivity contribution >= 4 is 22.2 Å². The fourth-order valence-electron chi connectivity index (χ4n) is 2.54. The predicted octanol–water partition coefficient (Wildman–Crippen LogP) is 4.47. The molecule has 1 aromatic rings. The number of anilines is 1. The fraction of sp³-hybridized carbons (Fsp3) is 0.538. The van der Waals surface area contributed by atoms with Crippen LogP contribution in [-0.2, 0) is 0 Å². The van der Waals surface area contributed by atoms with E-state index in [1.807, 2.05) is 0 Å². The highest BCUT2D eigenvalue weighted by Gasteiger charge is 2.34. The van der Waals surface area contributed by atoms with Crippen molar-refractivity contribution < 1.29 is 0 Å². The molecule has 1 aromatic carbocycles. The van der Waals surface area contributed by atoms with Crippen molar-refractivity contribution in [3.63, 3.8) is 0 Å². The molecule has 0 saturated heterocycles. The summed E-state index contributed by atoms with van der Waals surface area (Å²) in [5, 5.41) is 0. The highest BCUT2D eigenvalue weighted by molar-refractivity contribution is 6.99. The van der Waals surface area contributed by atoms with E-state index in [9.17, 15) is 0 Å². The largest absolute Gasteiger partial charge is 0.424 e. The lowest BCUT2D eigenvalue weighted by molar-refractivity contribution is 1.31. The standard InChI is InChI=1S/C13H25NSi2/c1-12-10-8-9-11-13(12)14(15(2,3)4)16(5,6)7/h8-11H,1-7H3. The maximum atomic E-state index is 2.77. The first kappa shape index (κ1) is 13.5. The van der Waals surface area contributed by atoms with Crippen molar-refractivity contribution in [2.45, 2.75) is 46.2 Å². The summed E-state index contributed by atoms with van der Waals surface area (Å²) >= 11 is 0. The first-order valence-electron chi connectivity index (χ1n) is 6.00. The van der Waals surface area contributed by atoms with Gasteiger partial charge in [-0.15, -0.1) is 0 Å². The second kappa shape index (κ2) is 4.37. The molecule has 0 fully saturated rings. The van der Waals surface area contributed by atoms with Gasteiger partial charge in [-0.1, -0.05) is 57.5 Å². The summed E-state index contributed by atoms with van der Waals surface area (Å²) in [6.07, 6.45) is 0. The van der Waals surface area contributed by atoms with Crippen LogP contribution in [0.15, 0.2) is 24.3 Å². The van der Waals surface area contributed by atoms with Crippen LogP contribution in [0.1, 0.15) is 5.56 Å². The Bertz CT molecular complexity index is 347. The van der Waals surface area contributed by atoms with Crippen molar-refractivity contribution in [2.75, 3.05) is 4.23 Å². The molecule has 3 heteroatoms. The third-order valence-corrected chi connectivity index (χ3v) is 9.89. The number of para-hydroxylation sites is 1. The first-order chi connectivity index (χ1) is 7.14. The topological polar surface area (TPSA) is 3.24 Å². The van der Waals surface area contributed by atoms with Gasteiger partial charge < -0.3 is 4.23 Å². The molecule has 16 heavy (non-hydrogen) atoms. The molecule has 0 spiro atoms. The van der Waals surface area contributed by atoms with Gasteiger partial charge in [0.05, 0.1) is 0 Å². The summed E-state index contributed by atoms with van der Waals surface area (Å²) in [6.45, 7) is 16.9. The van der Waals surface area contributed by atoms with E-state index in [-0.39, 0.29) is 0 Å². The van der Waals surface area contributed by atoms with Crippen LogP contribution in [0.2, 0.25) is 39.3 Å². The monoisotopic (exact) mass is 251 g/mol. The van der Waals surface area contributed by atoms with Crippen molar-refractivity contribution in [2.24, 2.45) is 0 Å². The minimum Gasteiger partial charge on any atom is -0.424 e. The van der Waals surface area contributed by atoms with Crippen LogP contribution >= 0.6 is 0 Å². The van der Waals surface area contributed by atoms with E-state index in [2.05, 4.69) is 74.7 Å². The number of hydrogen-bond acceptors (Lipinski definition) is 1. The third-order valence-electron chi connectivity index (χ3n) is 2.70. The highest BCUT2D eigenvalue weighted by atomic mass is 28.4. The molecular weight excluding hydrogens is 226 g/mol. The predicted molar refractivity (Wildman–Crippen MR) is 80.4 cm³/mol. The quantitative estimate of drug-likeness (QED) is 0.716. The molecule has 1 nitrogen and oxygen atoms in total. The van der Waals surface area contributed by atoms with Crippen LogP contribution in [0.4, 0.5) is 5.69 Å². The van der Waals surface area contributed by atoms with Gasteiger partial charge in [-0.2, -0.15) is 0 Å². The van der Waals surface area contributed by atoms with E-state index in [1.165, 1.54) is 11.3 Å². The normalized spacial score (nSPS) is 12.7. The SMILES string of the molecule is Cc1ccccc1N([Si](C)(C)C)[Si](C)(C)C. The number of hydrogen-bond donors (Lipinski definition) is 0. The Morgan fingerprint density at radius 2 is 1.25 bits per heavy atom. The lowest BCUT2D eigenvalue weighted by atomic mass is 10.2. The molecule has 90 valence electrons. The molecule has 0 aliphatic carbocycles. The molecule has 0 radical (unpaired) electrons. The van der Waals surface area contributed by atoms with Crippen LogP contribution < -0.4 is 4.23 Å². The Balaban J connectivity index is 3.29. The molecule has 0 aromatic heterocycles. The van der Waals surface area contributed by atoms with Gasteiger partial charge in [0, 0.05) is 5.69 Å². The van der Waals surface area contributed by atoms with Crippen molar-refractivity contribution in [3.8, 4) is 0 Å². The summed E-state index contributed by atoms with van der Waals surface area (Å²) in [7, 11) is -2.60. The van der Waals surface area contributed by atoms with E-state index in [0.29, 0.717) is 0 Å². The number of rotatable bonds is 3. The van der Waals surface area contributed by atoms with Crippen LogP contribution in [0, 0.1) is 6.92 Å². The average Bonchev–Trinajstić information content (AvgIpc) is 2.03. The molecule has 0 amide bonds. The molecular formula is C13H25NSi2. The Morgan fingerprint density at radius 1 is 0.812 bits per heavy atom. The van der Waals surface area contributed by atoms with Gasteiger partial charge in [0.15, 0.2) is 0 Å². The summed E-state index contributed by atoms with van der Waals surface area (Å²) in [4.78, 5) is 0. The number of aryl methyl sites for hydroxylation is 1. The van der Waals surface area contributed by atoms with Gasteiger partial charge in [-0.3, -0.25) is 0 Å². The second-order valence-corrected chi connectivity index (χ2v) is 16.5. The zero-order valence-electron chi connectivity index (χ0n) is 11.8. The van der Waals surface area contributed by atoms with Crippen molar-refractivity contribution in [3.05, 3.63) is 29.8 Å². The summed E-state index contributed by atoms with van der Waals surface area (Å²) in [5.74, 6) is 0. The third kappa shape index (κ3) is 2.98. The summed E-state index contributed by atoms with van der Waals surface area (Å²) in [5.41, 5.74) is 2.87. The van der Waals surface area contributed by atoms with Crippen LogP contribution in [-0.4, -0.2) is 16.5 Å². The molecule has 0 bridgehead atoms. The Morgan fingerprint density at radius 3 is 1.62 bits per heavy atom. The average molecular weight is 252 g/mol. The van der Waals surface area contributed by atoms with E-state index in [4.69, 9.17) is 0 Å². The van der Waals surface area contributed by atoms with E-state index in [0.717, 1.165) is 0 Å². The highest BCUT2D eigenvalue weighted by Crippen LogP contribution is 2.30. The van der Waals surface area contributed by atoms with Gasteiger partial charge in [-0.25, -0.2) is 0 Å². The molecule has 0 aliphatic heterocycles. The molecule has 0 aliphatic rings. The molecule has 0 saturated carbocycles. The lowest BCUT2D eigenvalue weighted by Crippen LogP contribution is -2.59. The van der Waals surface area contributed by atoms with Crippen LogP contribution in [0.25, 0.3) is 0 Å². The molecule has 0 atom stereocenters. The fourth-order valence-corrected chi connectivity index (χ4v) is 12.5. The summed E-state index contributed by atoms with van der Waals surface area (Å²) in [6, 6.07) is 8.80. The van der Waals surface area contributed by atoms with Crippen molar-refractivity contribution in [1.82, 2.24) is 0 Å². The van der Waals surface area contributed by atoms with Gasteiger partial charge >= 0.3 is 0 Å². The molecule has 0 heterocycles. The Labute approximate surface area is 103 Å². The lowest BCUT2D eigenvalue weighted by Gasteiger charge is -2.46. The molecule has 0 N–H and O–H groups in total. The van der Waals surface area contributed by atoms with Crippen LogP contribution in [0.5, 0.6) is 0 Å². The number of nitrogens with zero attached hydrogens (tertiary/aromatic N) is 1. The van der Waals surface area contributed by atoms with Crippen LogP contribution in [0.3, 0.4) is 0 Å². The smallest absolute Gasteiger partial charge is 0.138 e. The maximum Gasteiger partial charge on any atom is 0.138 e. The minimum atomic E-state index is -1.30. The van der Waals surface area contributed by atoms with Gasteiger partial charge in [0.1, 0.15) is 16.5 Å². The minimum absolute atomic E-state index is 1.30. The van der Waals surface area contributed by atoms with Gasteiger partial charge in [0.2, 0.25) is 0 Å². The van der Waals surface area contributed by atoms with E-state index in [1.54, 1.807) is 0 Å². The molecule has 0 unspecified atom stereocenters. The van der Waals surface area contributed by atoms with Crippen molar-refractivity contribution in [1.29, 1.82) is 0 Å².